The molecule has 1 atom stereocenters. The summed E-state index contributed by atoms with van der Waals surface area (Å²) in [5, 5.41) is 5.89. The minimum atomic E-state index is -3.27. The number of hydrogen-bond acceptors (Lipinski definition) is 4. The molecule has 1 fully saturated rings. The predicted octanol–water partition coefficient (Wildman–Crippen LogP) is 0.316. The molecule has 106 valence electrons. The van der Waals surface area contributed by atoms with Crippen molar-refractivity contribution in [1.82, 2.24) is 10.6 Å². The third-order valence-electron chi connectivity index (χ3n) is 3.32. The highest BCUT2D eigenvalue weighted by Crippen LogP contribution is 2.14. The molecule has 1 saturated heterocycles. The molecule has 1 rings (SSSR count). The quantitative estimate of drug-likeness (QED) is 0.732. The van der Waals surface area contributed by atoms with Crippen LogP contribution in [-0.4, -0.2) is 45.0 Å². The van der Waals surface area contributed by atoms with E-state index in [0.717, 1.165) is 32.4 Å². The van der Waals surface area contributed by atoms with Crippen molar-refractivity contribution in [2.75, 3.05) is 24.6 Å². The van der Waals surface area contributed by atoms with E-state index in [2.05, 4.69) is 10.6 Å². The van der Waals surface area contributed by atoms with Crippen molar-refractivity contribution in [3.05, 3.63) is 0 Å². The second-order valence-electron chi connectivity index (χ2n) is 5.12. The van der Waals surface area contributed by atoms with Gasteiger partial charge in [0.15, 0.2) is 9.84 Å². The Morgan fingerprint density at radius 2 is 2.00 bits per heavy atom. The summed E-state index contributed by atoms with van der Waals surface area (Å²) in [5.41, 5.74) is 0. The van der Waals surface area contributed by atoms with Gasteiger partial charge in [0.05, 0.1) is 5.75 Å². The van der Waals surface area contributed by atoms with E-state index in [1.54, 1.807) is 0 Å². The van der Waals surface area contributed by atoms with Crippen molar-refractivity contribution in [1.29, 1.82) is 0 Å². The van der Waals surface area contributed by atoms with Crippen LogP contribution in [0.25, 0.3) is 0 Å². The van der Waals surface area contributed by atoms with Gasteiger partial charge in [-0.1, -0.05) is 6.92 Å². The molecule has 0 bridgehead atoms. The van der Waals surface area contributed by atoms with Gasteiger partial charge in [-0.2, -0.15) is 0 Å². The number of piperidine rings is 1. The second-order valence-corrected chi connectivity index (χ2v) is 7.23. The van der Waals surface area contributed by atoms with Gasteiger partial charge in [-0.05, 0) is 45.2 Å². The maximum atomic E-state index is 11.9. The monoisotopic (exact) mass is 276 g/mol. The van der Waals surface area contributed by atoms with Crippen LogP contribution in [0.15, 0.2) is 0 Å². The molecule has 6 heteroatoms. The molecule has 1 unspecified atom stereocenters. The number of carbonyl (C=O) groups is 1. The van der Waals surface area contributed by atoms with Crippen molar-refractivity contribution >= 4 is 15.7 Å². The van der Waals surface area contributed by atoms with Crippen LogP contribution in [-0.2, 0) is 14.6 Å². The van der Waals surface area contributed by atoms with Crippen LogP contribution in [0, 0.1) is 5.92 Å². The van der Waals surface area contributed by atoms with Gasteiger partial charge in [0.25, 0.3) is 0 Å². The highest BCUT2D eigenvalue weighted by Gasteiger charge is 2.23. The van der Waals surface area contributed by atoms with Crippen molar-refractivity contribution in [3.63, 3.8) is 0 Å². The first-order valence-electron chi connectivity index (χ1n) is 6.63. The highest BCUT2D eigenvalue weighted by atomic mass is 32.2. The lowest BCUT2D eigenvalue weighted by atomic mass is 10.0. The lowest BCUT2D eigenvalue weighted by molar-refractivity contribution is -0.119. The fourth-order valence-corrected chi connectivity index (χ4v) is 3.74. The second kappa shape index (κ2) is 7.09. The lowest BCUT2D eigenvalue weighted by Crippen LogP contribution is -2.38. The summed E-state index contributed by atoms with van der Waals surface area (Å²) >= 11 is 0. The number of hydrogen-bond donors (Lipinski definition) is 2. The first-order valence-corrected chi connectivity index (χ1v) is 8.45. The first kappa shape index (κ1) is 15.4. The van der Waals surface area contributed by atoms with Crippen molar-refractivity contribution in [2.24, 2.45) is 5.92 Å². The lowest BCUT2D eigenvalue weighted by Gasteiger charge is -2.22. The third-order valence-corrected chi connectivity index (χ3v) is 5.00. The number of nitrogens with one attached hydrogen (secondary N) is 2. The summed E-state index contributed by atoms with van der Waals surface area (Å²) in [6.45, 7) is 5.57. The molecule has 0 spiro atoms. The molecule has 1 heterocycles. The molecule has 0 aromatic rings. The van der Waals surface area contributed by atoms with Crippen LogP contribution in [0.4, 0.5) is 0 Å². The van der Waals surface area contributed by atoms with Crippen LogP contribution in [0.2, 0.25) is 0 Å². The molecule has 18 heavy (non-hydrogen) atoms. The van der Waals surface area contributed by atoms with Crippen molar-refractivity contribution in [2.45, 2.75) is 39.2 Å². The molecule has 0 radical (unpaired) electrons. The Hall–Kier alpha value is -0.620. The summed E-state index contributed by atoms with van der Waals surface area (Å²) in [7, 11) is -3.27. The average Bonchev–Trinajstić information content (AvgIpc) is 2.28. The van der Waals surface area contributed by atoms with E-state index in [1.807, 2.05) is 13.8 Å². The zero-order valence-corrected chi connectivity index (χ0v) is 12.1. The number of sulfone groups is 1. The fraction of sp³-hybridized carbons (Fsp3) is 0.917. The van der Waals surface area contributed by atoms with Crippen LogP contribution in [0.3, 0.4) is 0 Å². The Kier molecular flexibility index (Phi) is 6.08. The van der Waals surface area contributed by atoms with Gasteiger partial charge < -0.3 is 10.6 Å². The first-order chi connectivity index (χ1) is 8.43. The topological polar surface area (TPSA) is 75.3 Å². The van der Waals surface area contributed by atoms with Gasteiger partial charge in [0, 0.05) is 6.04 Å². The largest absolute Gasteiger partial charge is 0.353 e. The van der Waals surface area contributed by atoms with E-state index in [4.69, 9.17) is 0 Å². The summed E-state index contributed by atoms with van der Waals surface area (Å²) in [6, 6.07) is 0.0339. The summed E-state index contributed by atoms with van der Waals surface area (Å²) in [4.78, 5) is 11.6. The van der Waals surface area contributed by atoms with Gasteiger partial charge in [-0.15, -0.1) is 0 Å². The molecule has 0 aliphatic carbocycles. The molecule has 1 amide bonds. The molecular formula is C12H24N2O3S. The SMILES string of the molecule is CCC(C)NC(=O)CS(=O)(=O)CC1CCNCC1. The van der Waals surface area contributed by atoms with Gasteiger partial charge in [0.2, 0.25) is 5.91 Å². The molecule has 5 nitrogen and oxygen atoms in total. The minimum absolute atomic E-state index is 0.0339. The Morgan fingerprint density at radius 3 is 2.56 bits per heavy atom. The van der Waals surface area contributed by atoms with Crippen LogP contribution >= 0.6 is 0 Å². The van der Waals surface area contributed by atoms with E-state index >= 15 is 0 Å². The average molecular weight is 276 g/mol. The Morgan fingerprint density at radius 1 is 1.39 bits per heavy atom. The number of carbonyl (C=O) groups excluding carboxylic acids is 1. The van der Waals surface area contributed by atoms with Crippen molar-refractivity contribution in [3.8, 4) is 0 Å². The summed E-state index contributed by atoms with van der Waals surface area (Å²) in [6.07, 6.45) is 2.57. The van der Waals surface area contributed by atoms with E-state index in [9.17, 15) is 13.2 Å². The van der Waals surface area contributed by atoms with E-state index in [1.165, 1.54) is 0 Å². The van der Waals surface area contributed by atoms with Gasteiger partial charge in [0.1, 0.15) is 5.75 Å². The predicted molar refractivity (Wildman–Crippen MR) is 72.1 cm³/mol. The normalized spacial score (nSPS) is 19.4. The standard InChI is InChI=1S/C12H24N2O3S/c1-3-10(2)14-12(15)9-18(16,17)8-11-4-6-13-7-5-11/h10-11,13H,3-9H2,1-2H3,(H,14,15). The Bertz CT molecular complexity index is 362. The van der Waals surface area contributed by atoms with Crippen LogP contribution in [0.5, 0.6) is 0 Å². The van der Waals surface area contributed by atoms with Gasteiger partial charge >= 0.3 is 0 Å². The molecule has 2 N–H and O–H groups in total. The Labute approximate surface area is 110 Å². The van der Waals surface area contributed by atoms with Crippen LogP contribution < -0.4 is 10.6 Å². The maximum absolute atomic E-state index is 11.9. The third kappa shape index (κ3) is 5.82. The van der Waals surface area contributed by atoms with Gasteiger partial charge in [-0.3, -0.25) is 4.79 Å². The maximum Gasteiger partial charge on any atom is 0.235 e. The molecular weight excluding hydrogens is 252 g/mol. The molecule has 0 aromatic heterocycles. The number of rotatable bonds is 6. The van der Waals surface area contributed by atoms with Crippen molar-refractivity contribution < 1.29 is 13.2 Å². The zero-order chi connectivity index (χ0) is 13.6. The summed E-state index contributed by atoms with van der Waals surface area (Å²) < 4.78 is 23.8. The minimum Gasteiger partial charge on any atom is -0.353 e. The molecule has 1 aliphatic rings. The van der Waals surface area contributed by atoms with E-state index in [0.29, 0.717) is 0 Å². The fourth-order valence-electron chi connectivity index (χ4n) is 2.08. The zero-order valence-electron chi connectivity index (χ0n) is 11.2. The van der Waals surface area contributed by atoms with E-state index < -0.39 is 9.84 Å². The van der Waals surface area contributed by atoms with E-state index in [-0.39, 0.29) is 29.4 Å². The number of amides is 1. The molecule has 0 saturated carbocycles. The molecule has 0 aromatic carbocycles. The molecule has 1 aliphatic heterocycles. The van der Waals surface area contributed by atoms with Crippen LogP contribution in [0.1, 0.15) is 33.1 Å². The highest BCUT2D eigenvalue weighted by molar-refractivity contribution is 7.92. The Balaban J connectivity index is 2.40. The summed E-state index contributed by atoms with van der Waals surface area (Å²) in [5.74, 6) is -0.407. The smallest absolute Gasteiger partial charge is 0.235 e. The van der Waals surface area contributed by atoms with Gasteiger partial charge in [-0.25, -0.2) is 8.42 Å².